The van der Waals surface area contributed by atoms with Gasteiger partial charge < -0.3 is 14.4 Å². The van der Waals surface area contributed by atoms with Gasteiger partial charge in [-0.25, -0.2) is 4.79 Å². The molecule has 6 heteroatoms. The Labute approximate surface area is 127 Å². The third-order valence-corrected chi connectivity index (χ3v) is 3.42. The topological polar surface area (TPSA) is 59.1 Å². The lowest BCUT2D eigenvalue weighted by molar-refractivity contribution is -0.144. The van der Waals surface area contributed by atoms with E-state index >= 15 is 0 Å². The van der Waals surface area contributed by atoms with E-state index < -0.39 is 5.60 Å². The summed E-state index contributed by atoms with van der Waals surface area (Å²) in [6.45, 7) is 9.42. The molecule has 6 nitrogen and oxygen atoms in total. The number of nitrogens with zero attached hydrogens (tertiary/aromatic N) is 2. The summed E-state index contributed by atoms with van der Waals surface area (Å²) in [7, 11) is 1.92. The van der Waals surface area contributed by atoms with Gasteiger partial charge in [-0.3, -0.25) is 9.69 Å². The molecule has 122 valence electrons. The SMILES string of the molecule is CCOC(=O)CN(C)C1CCN(C(=O)OC(C)(C)C)CC1. The first-order valence-corrected chi connectivity index (χ1v) is 7.56. The summed E-state index contributed by atoms with van der Waals surface area (Å²) < 4.78 is 10.3. The number of hydrogen-bond donors (Lipinski definition) is 0. The average Bonchev–Trinajstić information content (AvgIpc) is 2.37. The van der Waals surface area contributed by atoms with Gasteiger partial charge in [0.1, 0.15) is 5.60 Å². The largest absolute Gasteiger partial charge is 0.465 e. The van der Waals surface area contributed by atoms with Crippen LogP contribution in [0.15, 0.2) is 0 Å². The van der Waals surface area contributed by atoms with Gasteiger partial charge in [-0.2, -0.15) is 0 Å². The van der Waals surface area contributed by atoms with E-state index in [1.807, 2.05) is 32.7 Å². The summed E-state index contributed by atoms with van der Waals surface area (Å²) in [5.41, 5.74) is -0.464. The van der Waals surface area contributed by atoms with E-state index in [4.69, 9.17) is 9.47 Å². The number of piperidine rings is 1. The molecule has 0 N–H and O–H groups in total. The highest BCUT2D eigenvalue weighted by Crippen LogP contribution is 2.18. The molecule has 0 atom stereocenters. The van der Waals surface area contributed by atoms with E-state index in [2.05, 4.69) is 0 Å². The first kappa shape index (κ1) is 17.8. The zero-order chi connectivity index (χ0) is 16.0. The van der Waals surface area contributed by atoms with E-state index in [-0.39, 0.29) is 12.1 Å². The number of esters is 1. The van der Waals surface area contributed by atoms with Crippen molar-refractivity contribution in [1.29, 1.82) is 0 Å². The lowest BCUT2D eigenvalue weighted by Crippen LogP contribution is -2.48. The number of rotatable bonds is 4. The zero-order valence-corrected chi connectivity index (χ0v) is 13.8. The summed E-state index contributed by atoms with van der Waals surface area (Å²) in [4.78, 5) is 27.2. The normalized spacial score (nSPS) is 17.0. The Kier molecular flexibility index (Phi) is 6.45. The van der Waals surface area contributed by atoms with Gasteiger partial charge in [0.25, 0.3) is 0 Å². The van der Waals surface area contributed by atoms with Crippen molar-refractivity contribution >= 4 is 12.1 Å². The Balaban J connectivity index is 2.38. The molecule has 1 amide bonds. The summed E-state index contributed by atoms with van der Waals surface area (Å²) in [6, 6.07) is 0.299. The van der Waals surface area contributed by atoms with Crippen LogP contribution in [0, 0.1) is 0 Å². The first-order chi connectivity index (χ1) is 9.73. The number of carbonyl (C=O) groups excluding carboxylic acids is 2. The van der Waals surface area contributed by atoms with E-state index in [1.54, 1.807) is 11.8 Å². The molecule has 0 radical (unpaired) electrons. The monoisotopic (exact) mass is 300 g/mol. The standard InChI is InChI=1S/C15H28N2O4/c1-6-20-13(18)11-16(5)12-7-9-17(10-8-12)14(19)21-15(2,3)4/h12H,6-11H2,1-5H3. The molecule has 0 bridgehead atoms. The number of hydrogen-bond acceptors (Lipinski definition) is 5. The minimum atomic E-state index is -0.464. The van der Waals surface area contributed by atoms with Gasteiger partial charge in [0.15, 0.2) is 0 Å². The van der Waals surface area contributed by atoms with Gasteiger partial charge in [0.05, 0.1) is 13.2 Å². The molecule has 0 saturated carbocycles. The van der Waals surface area contributed by atoms with Crippen LogP contribution in [0.2, 0.25) is 0 Å². The van der Waals surface area contributed by atoms with Gasteiger partial charge >= 0.3 is 12.1 Å². The molecule has 1 saturated heterocycles. The van der Waals surface area contributed by atoms with Crippen LogP contribution >= 0.6 is 0 Å². The van der Waals surface area contributed by atoms with Crippen molar-refractivity contribution < 1.29 is 19.1 Å². The second-order valence-electron chi connectivity index (χ2n) is 6.42. The lowest BCUT2D eigenvalue weighted by atomic mass is 10.0. The van der Waals surface area contributed by atoms with Gasteiger partial charge in [-0.05, 0) is 47.6 Å². The third-order valence-electron chi connectivity index (χ3n) is 3.42. The quantitative estimate of drug-likeness (QED) is 0.742. The summed E-state index contributed by atoms with van der Waals surface area (Å²) in [6.07, 6.45) is 1.43. The number of likely N-dealkylation sites (tertiary alicyclic amines) is 1. The maximum atomic E-state index is 12.0. The highest BCUT2D eigenvalue weighted by atomic mass is 16.6. The summed E-state index contributed by atoms with van der Waals surface area (Å²) in [5, 5.41) is 0. The van der Waals surface area contributed by atoms with Crippen LogP contribution in [0.5, 0.6) is 0 Å². The minimum absolute atomic E-state index is 0.199. The van der Waals surface area contributed by atoms with Crippen LogP contribution in [0.3, 0.4) is 0 Å². The van der Waals surface area contributed by atoms with Crippen molar-refractivity contribution in [2.45, 2.75) is 52.2 Å². The number of carbonyl (C=O) groups is 2. The van der Waals surface area contributed by atoms with Crippen LogP contribution in [0.25, 0.3) is 0 Å². The third kappa shape index (κ3) is 6.33. The molecule has 1 aliphatic heterocycles. The highest BCUT2D eigenvalue weighted by molar-refractivity contribution is 5.71. The molecule has 0 aromatic carbocycles. The van der Waals surface area contributed by atoms with Crippen molar-refractivity contribution in [3.05, 3.63) is 0 Å². The van der Waals surface area contributed by atoms with Crippen LogP contribution in [-0.4, -0.2) is 66.8 Å². The number of likely N-dealkylation sites (N-methyl/N-ethyl adjacent to an activating group) is 1. The summed E-state index contributed by atoms with van der Waals surface area (Å²) >= 11 is 0. The number of ether oxygens (including phenoxy) is 2. The van der Waals surface area contributed by atoms with Crippen molar-refractivity contribution in [2.24, 2.45) is 0 Å². The Morgan fingerprint density at radius 1 is 1.24 bits per heavy atom. The Hall–Kier alpha value is -1.30. The van der Waals surface area contributed by atoms with E-state index in [1.165, 1.54) is 0 Å². The molecule has 0 aromatic heterocycles. The van der Waals surface area contributed by atoms with E-state index in [0.717, 1.165) is 12.8 Å². The molecular formula is C15H28N2O4. The maximum absolute atomic E-state index is 12.0. The molecule has 21 heavy (non-hydrogen) atoms. The predicted octanol–water partition coefficient (Wildman–Crippen LogP) is 1.88. The maximum Gasteiger partial charge on any atom is 0.410 e. The number of amides is 1. The van der Waals surface area contributed by atoms with Crippen LogP contribution in [-0.2, 0) is 14.3 Å². The molecule has 1 heterocycles. The first-order valence-electron chi connectivity index (χ1n) is 7.56. The second kappa shape index (κ2) is 7.64. The minimum Gasteiger partial charge on any atom is -0.465 e. The molecule has 0 unspecified atom stereocenters. The molecule has 1 rings (SSSR count). The molecular weight excluding hydrogens is 272 g/mol. The Bertz CT molecular complexity index is 357. The highest BCUT2D eigenvalue weighted by Gasteiger charge is 2.28. The van der Waals surface area contributed by atoms with E-state index in [0.29, 0.717) is 32.3 Å². The van der Waals surface area contributed by atoms with Crippen LogP contribution < -0.4 is 0 Å². The fraction of sp³-hybridized carbons (Fsp3) is 0.867. The Morgan fingerprint density at radius 2 is 1.81 bits per heavy atom. The summed E-state index contributed by atoms with van der Waals surface area (Å²) in [5.74, 6) is -0.199. The molecule has 1 fully saturated rings. The predicted molar refractivity (Wildman–Crippen MR) is 80.1 cm³/mol. The molecule has 1 aliphatic rings. The van der Waals surface area contributed by atoms with Crippen molar-refractivity contribution in [2.75, 3.05) is 33.3 Å². The second-order valence-corrected chi connectivity index (χ2v) is 6.42. The zero-order valence-electron chi connectivity index (χ0n) is 13.8. The Morgan fingerprint density at radius 3 is 2.29 bits per heavy atom. The average molecular weight is 300 g/mol. The van der Waals surface area contributed by atoms with Crippen LogP contribution in [0.4, 0.5) is 4.79 Å². The fourth-order valence-corrected chi connectivity index (χ4v) is 2.36. The fourth-order valence-electron chi connectivity index (χ4n) is 2.36. The van der Waals surface area contributed by atoms with Crippen molar-refractivity contribution in [3.63, 3.8) is 0 Å². The molecule has 0 aromatic rings. The van der Waals surface area contributed by atoms with E-state index in [9.17, 15) is 9.59 Å². The van der Waals surface area contributed by atoms with Gasteiger partial charge in [0, 0.05) is 19.1 Å². The van der Waals surface area contributed by atoms with Gasteiger partial charge in [-0.1, -0.05) is 0 Å². The van der Waals surface area contributed by atoms with Crippen LogP contribution in [0.1, 0.15) is 40.5 Å². The van der Waals surface area contributed by atoms with Crippen molar-refractivity contribution in [1.82, 2.24) is 9.80 Å². The molecule has 0 aliphatic carbocycles. The van der Waals surface area contributed by atoms with Crippen molar-refractivity contribution in [3.8, 4) is 0 Å². The van der Waals surface area contributed by atoms with Gasteiger partial charge in [-0.15, -0.1) is 0 Å². The molecule has 0 spiro atoms. The van der Waals surface area contributed by atoms with Gasteiger partial charge in [0.2, 0.25) is 0 Å². The lowest BCUT2D eigenvalue weighted by Gasteiger charge is -2.36. The smallest absolute Gasteiger partial charge is 0.410 e.